The van der Waals surface area contributed by atoms with E-state index in [-0.39, 0.29) is 17.4 Å². The normalized spacial score (nSPS) is 22.7. The van der Waals surface area contributed by atoms with Gasteiger partial charge in [0.05, 0.1) is 5.69 Å². The van der Waals surface area contributed by atoms with Crippen LogP contribution < -0.4 is 10.2 Å². The van der Waals surface area contributed by atoms with Crippen molar-refractivity contribution < 1.29 is 14.3 Å². The Labute approximate surface area is 187 Å². The number of benzene rings is 1. The van der Waals surface area contributed by atoms with Crippen molar-refractivity contribution in [1.29, 1.82) is 0 Å². The third-order valence-electron chi connectivity index (χ3n) is 6.78. The van der Waals surface area contributed by atoms with E-state index >= 15 is 0 Å². The highest BCUT2D eigenvalue weighted by Crippen LogP contribution is 2.35. The van der Waals surface area contributed by atoms with Gasteiger partial charge in [-0.25, -0.2) is 0 Å². The number of furan rings is 1. The van der Waals surface area contributed by atoms with Gasteiger partial charge < -0.3 is 24.6 Å². The molecule has 2 aliphatic heterocycles. The zero-order chi connectivity index (χ0) is 22.4. The summed E-state index contributed by atoms with van der Waals surface area (Å²) in [6.45, 7) is 0. The molecule has 32 heavy (non-hydrogen) atoms. The third-order valence-corrected chi connectivity index (χ3v) is 6.78. The molecular weight excluding hydrogens is 406 g/mol. The zero-order valence-corrected chi connectivity index (χ0v) is 18.7. The lowest BCUT2D eigenvalue weighted by molar-refractivity contribution is 0.0799. The monoisotopic (exact) mass is 435 g/mol. The number of hydrogen-bond acceptors (Lipinski definition) is 7. The number of phenols is 1. The Hall–Kier alpha value is -3.13. The Balaban J connectivity index is 1.38. The van der Waals surface area contributed by atoms with E-state index in [1.54, 1.807) is 26.2 Å². The number of carbonyl (C=O) groups excluding carboxylic acids is 1. The van der Waals surface area contributed by atoms with Crippen LogP contribution in [0.3, 0.4) is 0 Å². The number of carbonyl (C=O) groups is 1. The summed E-state index contributed by atoms with van der Waals surface area (Å²) in [5.41, 5.74) is 1.59. The summed E-state index contributed by atoms with van der Waals surface area (Å²) in [6, 6.07) is 10.5. The van der Waals surface area contributed by atoms with Crippen molar-refractivity contribution in [3.05, 3.63) is 36.1 Å². The van der Waals surface area contributed by atoms with Gasteiger partial charge in [0.1, 0.15) is 11.3 Å². The molecule has 8 nitrogen and oxygen atoms in total. The highest BCUT2D eigenvalue weighted by Gasteiger charge is 2.33. The number of aromatic hydroxyl groups is 1. The van der Waals surface area contributed by atoms with Crippen LogP contribution in [0.25, 0.3) is 22.2 Å². The van der Waals surface area contributed by atoms with E-state index in [2.05, 4.69) is 27.5 Å². The molecule has 2 aromatic heterocycles. The van der Waals surface area contributed by atoms with Gasteiger partial charge in [-0.2, -0.15) is 0 Å². The topological polar surface area (TPSA) is 94.7 Å². The molecular formula is C24H29N5O3. The maximum absolute atomic E-state index is 12.2. The highest BCUT2D eigenvalue weighted by atomic mass is 16.3. The fourth-order valence-corrected chi connectivity index (χ4v) is 5.00. The number of nitrogens with one attached hydrogen (secondary N) is 1. The molecule has 0 saturated carbocycles. The van der Waals surface area contributed by atoms with E-state index in [1.165, 1.54) is 30.2 Å². The van der Waals surface area contributed by atoms with Crippen LogP contribution in [0.4, 0.5) is 5.82 Å². The number of fused-ring (bicyclic) bond motifs is 3. The van der Waals surface area contributed by atoms with E-state index in [4.69, 9.17) is 4.42 Å². The first-order valence-corrected chi connectivity index (χ1v) is 11.2. The quantitative estimate of drug-likeness (QED) is 0.648. The van der Waals surface area contributed by atoms with Crippen LogP contribution >= 0.6 is 0 Å². The molecule has 0 radical (unpaired) electrons. The number of rotatable bonds is 4. The van der Waals surface area contributed by atoms with Gasteiger partial charge in [0, 0.05) is 56.3 Å². The van der Waals surface area contributed by atoms with Crippen LogP contribution in [0.15, 0.2) is 34.7 Å². The van der Waals surface area contributed by atoms with Crippen molar-refractivity contribution in [3.63, 3.8) is 0 Å². The molecule has 0 unspecified atom stereocenters. The van der Waals surface area contributed by atoms with Gasteiger partial charge in [-0.1, -0.05) is 6.42 Å². The first kappa shape index (κ1) is 20.8. The van der Waals surface area contributed by atoms with Crippen molar-refractivity contribution in [2.45, 2.75) is 50.2 Å². The molecule has 0 spiro atoms. The maximum atomic E-state index is 12.2. The van der Waals surface area contributed by atoms with Crippen LogP contribution in [0.2, 0.25) is 0 Å². The summed E-state index contributed by atoms with van der Waals surface area (Å²) < 4.78 is 5.61. The van der Waals surface area contributed by atoms with E-state index in [1.807, 2.05) is 12.1 Å². The molecule has 168 valence electrons. The molecule has 1 aromatic carbocycles. The van der Waals surface area contributed by atoms with Gasteiger partial charge in [-0.3, -0.25) is 4.79 Å². The molecule has 2 atom stereocenters. The first-order valence-electron chi connectivity index (χ1n) is 11.2. The zero-order valence-electron chi connectivity index (χ0n) is 18.7. The smallest absolute Gasteiger partial charge is 0.289 e. The predicted molar refractivity (Wildman–Crippen MR) is 123 cm³/mol. The summed E-state index contributed by atoms with van der Waals surface area (Å²) in [5.74, 6) is 0.881. The first-order chi connectivity index (χ1) is 15.4. The molecule has 0 aliphatic carbocycles. The van der Waals surface area contributed by atoms with Gasteiger partial charge in [0.15, 0.2) is 11.6 Å². The van der Waals surface area contributed by atoms with Gasteiger partial charge in [0.2, 0.25) is 0 Å². The standard InChI is InChI=1S/C24H29N5O3/c1-28(2)24(31)22-10-14-9-18(20(30)13-21(14)32-22)19-7-8-23(27-26-19)29(3)17-11-15-5-4-6-16(12-17)25-15/h7-10,13,15-17,25,30H,4-6,11-12H2,1-3H3/t15-,16-/m1/s1. The van der Waals surface area contributed by atoms with E-state index in [0.717, 1.165) is 24.0 Å². The minimum atomic E-state index is -0.225. The Morgan fingerprint density at radius 2 is 1.84 bits per heavy atom. The van der Waals surface area contributed by atoms with Crippen molar-refractivity contribution >= 4 is 22.7 Å². The predicted octanol–water partition coefficient (Wildman–Crippen LogP) is 3.41. The van der Waals surface area contributed by atoms with E-state index in [9.17, 15) is 9.90 Å². The molecule has 8 heteroatoms. The van der Waals surface area contributed by atoms with Crippen LogP contribution in [-0.4, -0.2) is 65.4 Å². The number of phenolic OH excluding ortho intramolecular Hbond substituents is 1. The summed E-state index contributed by atoms with van der Waals surface area (Å²) >= 11 is 0. The van der Waals surface area contributed by atoms with Gasteiger partial charge in [-0.05, 0) is 49.9 Å². The van der Waals surface area contributed by atoms with Gasteiger partial charge in [-0.15, -0.1) is 10.2 Å². The lowest BCUT2D eigenvalue weighted by Crippen LogP contribution is -2.54. The van der Waals surface area contributed by atoms with Crippen LogP contribution in [0.5, 0.6) is 5.75 Å². The highest BCUT2D eigenvalue weighted by molar-refractivity contribution is 5.97. The SMILES string of the molecule is CN(C)C(=O)c1cc2cc(-c3ccc(N(C)C4C[C@H]5CCC[C@H](C4)N5)nn3)c(O)cc2o1. The second-order valence-corrected chi connectivity index (χ2v) is 9.22. The summed E-state index contributed by atoms with van der Waals surface area (Å²) in [6.07, 6.45) is 6.08. The molecule has 4 heterocycles. The Bertz CT molecular complexity index is 1130. The minimum absolute atomic E-state index is 0.0392. The lowest BCUT2D eigenvalue weighted by Gasteiger charge is -2.43. The Kier molecular flexibility index (Phi) is 5.25. The molecule has 2 fully saturated rings. The van der Waals surface area contributed by atoms with Crippen molar-refractivity contribution in [3.8, 4) is 17.0 Å². The second kappa shape index (κ2) is 8.09. The summed E-state index contributed by atoms with van der Waals surface area (Å²) in [7, 11) is 5.43. The average molecular weight is 436 g/mol. The largest absolute Gasteiger partial charge is 0.507 e. The number of anilines is 1. The second-order valence-electron chi connectivity index (χ2n) is 9.22. The number of piperidine rings is 2. The summed E-state index contributed by atoms with van der Waals surface area (Å²) in [5, 5.41) is 23.9. The number of nitrogens with zero attached hydrogens (tertiary/aromatic N) is 4. The van der Waals surface area contributed by atoms with E-state index in [0.29, 0.717) is 35.0 Å². The number of hydrogen-bond donors (Lipinski definition) is 2. The molecule has 3 aromatic rings. The Morgan fingerprint density at radius 3 is 2.50 bits per heavy atom. The maximum Gasteiger partial charge on any atom is 0.289 e. The van der Waals surface area contributed by atoms with Crippen LogP contribution in [0.1, 0.15) is 42.7 Å². The molecule has 5 rings (SSSR count). The van der Waals surface area contributed by atoms with Crippen molar-refractivity contribution in [2.75, 3.05) is 26.0 Å². The summed E-state index contributed by atoms with van der Waals surface area (Å²) in [4.78, 5) is 15.9. The van der Waals surface area contributed by atoms with Gasteiger partial charge >= 0.3 is 0 Å². The molecule has 2 aliphatic rings. The van der Waals surface area contributed by atoms with Gasteiger partial charge in [0.25, 0.3) is 5.91 Å². The van der Waals surface area contributed by atoms with Crippen LogP contribution in [-0.2, 0) is 0 Å². The minimum Gasteiger partial charge on any atom is -0.507 e. The molecule has 2 saturated heterocycles. The van der Waals surface area contributed by atoms with Crippen molar-refractivity contribution in [2.24, 2.45) is 0 Å². The number of aromatic nitrogens is 2. The number of amides is 1. The molecule has 1 amide bonds. The fraction of sp³-hybridized carbons (Fsp3) is 0.458. The third kappa shape index (κ3) is 3.79. The lowest BCUT2D eigenvalue weighted by atomic mass is 9.83. The van der Waals surface area contributed by atoms with E-state index < -0.39 is 0 Å². The fourth-order valence-electron chi connectivity index (χ4n) is 5.00. The average Bonchev–Trinajstić information content (AvgIpc) is 3.20. The molecule has 2 bridgehead atoms. The van der Waals surface area contributed by atoms with Crippen molar-refractivity contribution in [1.82, 2.24) is 20.4 Å². The van der Waals surface area contributed by atoms with Crippen LogP contribution in [0, 0.1) is 0 Å². The molecule has 2 N–H and O–H groups in total. The Morgan fingerprint density at radius 1 is 1.09 bits per heavy atom.